The fraction of sp³-hybridized carbons (Fsp3) is 0.625. The second-order valence-electron chi connectivity index (χ2n) is 6.03. The number of hydrogen-bond donors (Lipinski definition) is 2. The van der Waals surface area contributed by atoms with Crippen LogP contribution in [0.15, 0.2) is 11.4 Å². The monoisotopic (exact) mass is 357 g/mol. The van der Waals surface area contributed by atoms with Gasteiger partial charge < -0.3 is 15.5 Å². The predicted molar refractivity (Wildman–Crippen MR) is 94.0 cm³/mol. The molecular formula is C16H24ClN3O2S. The molecule has 2 N–H and O–H groups in total. The Labute approximate surface area is 147 Å². The van der Waals surface area contributed by atoms with Gasteiger partial charge in [0.25, 0.3) is 0 Å². The molecule has 1 saturated heterocycles. The average molecular weight is 358 g/mol. The lowest BCUT2D eigenvalue weighted by molar-refractivity contribution is -0.134. The van der Waals surface area contributed by atoms with E-state index in [-0.39, 0.29) is 30.3 Å². The largest absolute Gasteiger partial charge is 0.353 e. The standard InChI is InChI=1S/C16H23N3O2S.ClH/c20-15(18-13-3-7-17-8-4-13)1-2-16(21)19-9-5-14-12(11-19)6-10-22-14;/h6,10,13,17H,1-5,7-9,11H2,(H,18,20);1H. The van der Waals surface area contributed by atoms with Crippen molar-refractivity contribution in [2.75, 3.05) is 19.6 Å². The van der Waals surface area contributed by atoms with Crippen LogP contribution in [0, 0.1) is 0 Å². The molecule has 0 spiro atoms. The molecule has 1 aromatic heterocycles. The number of halogens is 1. The molecule has 23 heavy (non-hydrogen) atoms. The van der Waals surface area contributed by atoms with Crippen LogP contribution < -0.4 is 10.6 Å². The van der Waals surface area contributed by atoms with Gasteiger partial charge in [0.2, 0.25) is 11.8 Å². The van der Waals surface area contributed by atoms with Crippen LogP contribution in [0.4, 0.5) is 0 Å². The summed E-state index contributed by atoms with van der Waals surface area (Å²) in [6.07, 6.45) is 3.52. The highest BCUT2D eigenvalue weighted by Crippen LogP contribution is 2.24. The minimum absolute atomic E-state index is 0. The normalized spacial score (nSPS) is 18.0. The van der Waals surface area contributed by atoms with Crippen LogP contribution in [0.3, 0.4) is 0 Å². The number of thiophene rings is 1. The van der Waals surface area contributed by atoms with Crippen molar-refractivity contribution in [3.05, 3.63) is 21.9 Å². The minimum atomic E-state index is 0. The van der Waals surface area contributed by atoms with Gasteiger partial charge in [-0.15, -0.1) is 23.7 Å². The zero-order valence-electron chi connectivity index (χ0n) is 13.2. The molecule has 0 aromatic carbocycles. The van der Waals surface area contributed by atoms with Gasteiger partial charge in [-0.25, -0.2) is 0 Å². The Kier molecular flexibility index (Phi) is 6.87. The van der Waals surface area contributed by atoms with E-state index in [0.717, 1.165) is 38.9 Å². The van der Waals surface area contributed by atoms with Gasteiger partial charge in [0.05, 0.1) is 0 Å². The lowest BCUT2D eigenvalue weighted by Crippen LogP contribution is -2.43. The highest BCUT2D eigenvalue weighted by Gasteiger charge is 2.22. The molecule has 1 aromatic rings. The van der Waals surface area contributed by atoms with Gasteiger partial charge in [0.1, 0.15) is 0 Å². The van der Waals surface area contributed by atoms with Crippen LogP contribution in [0.2, 0.25) is 0 Å². The van der Waals surface area contributed by atoms with E-state index in [1.54, 1.807) is 11.3 Å². The van der Waals surface area contributed by atoms with E-state index >= 15 is 0 Å². The second kappa shape index (κ2) is 8.66. The molecule has 128 valence electrons. The van der Waals surface area contributed by atoms with Gasteiger partial charge in [0.15, 0.2) is 0 Å². The molecule has 1 fully saturated rings. The number of carbonyl (C=O) groups excluding carboxylic acids is 2. The molecular weight excluding hydrogens is 334 g/mol. The van der Waals surface area contributed by atoms with Crippen molar-refractivity contribution >= 4 is 35.6 Å². The SMILES string of the molecule is Cl.O=C(CCC(=O)N1CCc2sccc2C1)NC1CCNCC1. The number of carbonyl (C=O) groups is 2. The maximum Gasteiger partial charge on any atom is 0.223 e. The molecule has 7 heteroatoms. The van der Waals surface area contributed by atoms with Crippen LogP contribution in [-0.2, 0) is 22.6 Å². The van der Waals surface area contributed by atoms with Crippen LogP contribution in [-0.4, -0.2) is 42.4 Å². The first-order valence-electron chi connectivity index (χ1n) is 8.05. The second-order valence-corrected chi connectivity index (χ2v) is 7.03. The highest BCUT2D eigenvalue weighted by atomic mass is 35.5. The number of piperidine rings is 1. The summed E-state index contributed by atoms with van der Waals surface area (Å²) in [6.45, 7) is 3.40. The Bertz CT molecular complexity index is 543. The Hall–Kier alpha value is -1.11. The first-order chi connectivity index (χ1) is 10.7. The van der Waals surface area contributed by atoms with Crippen molar-refractivity contribution in [1.29, 1.82) is 0 Å². The Balaban J connectivity index is 0.00000192. The third kappa shape index (κ3) is 4.93. The summed E-state index contributed by atoms with van der Waals surface area (Å²) in [7, 11) is 0. The number of nitrogens with zero attached hydrogens (tertiary/aromatic N) is 1. The number of hydrogen-bond acceptors (Lipinski definition) is 4. The van der Waals surface area contributed by atoms with Crippen LogP contribution in [0.1, 0.15) is 36.1 Å². The summed E-state index contributed by atoms with van der Waals surface area (Å²) in [5, 5.41) is 8.40. The molecule has 3 rings (SSSR count). The fourth-order valence-corrected chi connectivity index (χ4v) is 4.00. The molecule has 2 amide bonds. The van der Waals surface area contributed by atoms with E-state index in [2.05, 4.69) is 22.1 Å². The Morgan fingerprint density at radius 3 is 2.87 bits per heavy atom. The highest BCUT2D eigenvalue weighted by molar-refractivity contribution is 7.10. The lowest BCUT2D eigenvalue weighted by atomic mass is 10.1. The molecule has 2 aliphatic heterocycles. The quantitative estimate of drug-likeness (QED) is 0.862. The molecule has 0 aliphatic carbocycles. The average Bonchev–Trinajstić information content (AvgIpc) is 3.01. The summed E-state index contributed by atoms with van der Waals surface area (Å²) in [5.41, 5.74) is 1.27. The summed E-state index contributed by atoms with van der Waals surface area (Å²) >= 11 is 1.77. The zero-order chi connectivity index (χ0) is 15.4. The van der Waals surface area contributed by atoms with Crippen molar-refractivity contribution < 1.29 is 9.59 Å². The molecule has 2 aliphatic rings. The molecule has 0 bridgehead atoms. The van der Waals surface area contributed by atoms with Crippen molar-refractivity contribution in [3.63, 3.8) is 0 Å². The molecule has 3 heterocycles. The third-order valence-electron chi connectivity index (χ3n) is 4.43. The van der Waals surface area contributed by atoms with Crippen LogP contribution in [0.5, 0.6) is 0 Å². The lowest BCUT2D eigenvalue weighted by Gasteiger charge is -2.27. The van der Waals surface area contributed by atoms with Crippen LogP contribution in [0.25, 0.3) is 0 Å². The van der Waals surface area contributed by atoms with Gasteiger partial charge in [-0.2, -0.15) is 0 Å². The number of nitrogens with one attached hydrogen (secondary N) is 2. The molecule has 0 atom stereocenters. The van der Waals surface area contributed by atoms with Gasteiger partial charge >= 0.3 is 0 Å². The summed E-state index contributed by atoms with van der Waals surface area (Å²) in [5.74, 6) is 0.103. The fourth-order valence-electron chi connectivity index (χ4n) is 3.11. The smallest absolute Gasteiger partial charge is 0.223 e. The van der Waals surface area contributed by atoms with Crippen molar-refractivity contribution in [2.24, 2.45) is 0 Å². The Morgan fingerprint density at radius 2 is 2.09 bits per heavy atom. The molecule has 0 radical (unpaired) electrons. The number of amides is 2. The van der Waals surface area contributed by atoms with E-state index in [4.69, 9.17) is 0 Å². The molecule has 0 saturated carbocycles. The van der Waals surface area contributed by atoms with E-state index < -0.39 is 0 Å². The number of fused-ring (bicyclic) bond motifs is 1. The van der Waals surface area contributed by atoms with Gasteiger partial charge in [-0.3, -0.25) is 9.59 Å². The Morgan fingerprint density at radius 1 is 1.30 bits per heavy atom. The summed E-state index contributed by atoms with van der Waals surface area (Å²) in [4.78, 5) is 27.5. The van der Waals surface area contributed by atoms with Crippen molar-refractivity contribution in [2.45, 2.75) is 44.7 Å². The van der Waals surface area contributed by atoms with E-state index in [1.165, 1.54) is 10.4 Å². The predicted octanol–water partition coefficient (Wildman–Crippen LogP) is 1.70. The summed E-state index contributed by atoms with van der Waals surface area (Å²) in [6, 6.07) is 2.37. The third-order valence-corrected chi connectivity index (χ3v) is 5.45. The maximum absolute atomic E-state index is 12.3. The first-order valence-corrected chi connectivity index (χ1v) is 8.93. The molecule has 5 nitrogen and oxygen atoms in total. The van der Waals surface area contributed by atoms with Gasteiger partial charge in [0, 0.05) is 36.9 Å². The maximum atomic E-state index is 12.3. The van der Waals surface area contributed by atoms with E-state index in [0.29, 0.717) is 19.4 Å². The first kappa shape index (κ1) is 18.2. The minimum Gasteiger partial charge on any atom is -0.353 e. The number of rotatable bonds is 4. The van der Waals surface area contributed by atoms with E-state index in [9.17, 15) is 9.59 Å². The van der Waals surface area contributed by atoms with E-state index in [1.807, 2.05) is 4.90 Å². The zero-order valence-corrected chi connectivity index (χ0v) is 14.8. The van der Waals surface area contributed by atoms with Gasteiger partial charge in [-0.05, 0) is 49.4 Å². The van der Waals surface area contributed by atoms with Gasteiger partial charge in [-0.1, -0.05) is 0 Å². The van der Waals surface area contributed by atoms with Crippen molar-refractivity contribution in [1.82, 2.24) is 15.5 Å². The topological polar surface area (TPSA) is 61.4 Å². The van der Waals surface area contributed by atoms with Crippen LogP contribution >= 0.6 is 23.7 Å². The van der Waals surface area contributed by atoms with Crippen molar-refractivity contribution in [3.8, 4) is 0 Å². The summed E-state index contributed by atoms with van der Waals surface area (Å²) < 4.78 is 0. The molecule has 0 unspecified atom stereocenters.